The smallest absolute Gasteiger partial charge is 0.254 e. The lowest BCUT2D eigenvalue weighted by Crippen LogP contribution is -2.42. The molecular weight excluding hydrogens is 397 g/mol. The Kier molecular flexibility index (Phi) is 6.60. The zero-order valence-corrected chi connectivity index (χ0v) is 17.6. The van der Waals surface area contributed by atoms with Crippen molar-refractivity contribution >= 4 is 5.91 Å². The fraction of sp³-hybridized carbons (Fsp3) is 0.375. The van der Waals surface area contributed by atoms with E-state index in [4.69, 9.17) is 9.26 Å². The number of nitrogens with zero attached hydrogens (tertiary/aromatic N) is 3. The summed E-state index contributed by atoms with van der Waals surface area (Å²) in [5.74, 6) is 1.10. The topological polar surface area (TPSA) is 68.5 Å². The fourth-order valence-corrected chi connectivity index (χ4v) is 4.08. The van der Waals surface area contributed by atoms with Gasteiger partial charge in [0.25, 0.3) is 5.91 Å². The molecule has 1 heterocycles. The average molecular weight is 423 g/mol. The van der Waals surface area contributed by atoms with E-state index in [0.29, 0.717) is 36.0 Å². The lowest BCUT2D eigenvalue weighted by molar-refractivity contribution is 0.0631. The summed E-state index contributed by atoms with van der Waals surface area (Å²) in [5, 5.41) is 4.07. The zero-order chi connectivity index (χ0) is 21.6. The van der Waals surface area contributed by atoms with Gasteiger partial charge in [-0.15, -0.1) is 0 Å². The molecule has 162 valence electrons. The van der Waals surface area contributed by atoms with Crippen LogP contribution in [-0.4, -0.2) is 40.6 Å². The third-order valence-electron chi connectivity index (χ3n) is 5.71. The quantitative estimate of drug-likeness (QED) is 0.541. The maximum atomic E-state index is 13.7. The van der Waals surface area contributed by atoms with E-state index in [2.05, 4.69) is 10.1 Å². The van der Waals surface area contributed by atoms with Gasteiger partial charge in [0.05, 0.1) is 7.11 Å². The third kappa shape index (κ3) is 5.10. The molecule has 0 N–H and O–H groups in total. The molecule has 0 bridgehead atoms. The molecule has 0 radical (unpaired) electrons. The largest absolute Gasteiger partial charge is 0.497 e. The Morgan fingerprint density at radius 1 is 1.16 bits per heavy atom. The second-order valence-corrected chi connectivity index (χ2v) is 7.79. The van der Waals surface area contributed by atoms with Crippen molar-refractivity contribution < 1.29 is 18.4 Å². The Balaban J connectivity index is 1.50. The third-order valence-corrected chi connectivity index (χ3v) is 5.71. The molecule has 1 amide bonds. The van der Waals surface area contributed by atoms with Crippen molar-refractivity contribution in [2.24, 2.45) is 0 Å². The Morgan fingerprint density at radius 2 is 1.97 bits per heavy atom. The van der Waals surface area contributed by atoms with Crippen molar-refractivity contribution in [3.05, 3.63) is 65.8 Å². The molecule has 7 heteroatoms. The van der Waals surface area contributed by atoms with Crippen molar-refractivity contribution in [2.45, 2.75) is 44.6 Å². The normalized spacial score (nSPS) is 14.4. The molecule has 1 saturated carbocycles. The summed E-state index contributed by atoms with van der Waals surface area (Å²) in [5.41, 5.74) is 1.17. The number of hydrogen-bond donors (Lipinski definition) is 0. The van der Waals surface area contributed by atoms with Gasteiger partial charge in [-0.05, 0) is 43.2 Å². The van der Waals surface area contributed by atoms with E-state index in [0.717, 1.165) is 31.2 Å². The molecule has 1 aliphatic carbocycles. The predicted octanol–water partition coefficient (Wildman–Crippen LogP) is 4.90. The van der Waals surface area contributed by atoms with E-state index in [9.17, 15) is 9.18 Å². The predicted molar refractivity (Wildman–Crippen MR) is 114 cm³/mol. The van der Waals surface area contributed by atoms with E-state index < -0.39 is 5.82 Å². The van der Waals surface area contributed by atoms with E-state index in [1.54, 1.807) is 19.2 Å². The standard InChI is InChI=1S/C24H26FN3O3/c1-30-21-12-6-7-17(16-21)23-26-22(31-27-23)13-14-28(20-10-3-2-4-11-20)24(29)18-8-5-9-19(25)15-18/h5-9,12,15-16,20H,2-4,10-11,13-14H2,1H3. The van der Waals surface area contributed by atoms with Gasteiger partial charge in [0, 0.05) is 30.1 Å². The molecule has 2 aromatic carbocycles. The SMILES string of the molecule is COc1cccc(-c2noc(CCN(C(=O)c3cccc(F)c3)C3CCCCC3)n2)c1. The van der Waals surface area contributed by atoms with Crippen molar-refractivity contribution in [3.8, 4) is 17.1 Å². The van der Waals surface area contributed by atoms with Gasteiger partial charge in [-0.1, -0.05) is 42.6 Å². The van der Waals surface area contributed by atoms with Crippen molar-refractivity contribution in [3.63, 3.8) is 0 Å². The van der Waals surface area contributed by atoms with Crippen molar-refractivity contribution in [1.82, 2.24) is 15.0 Å². The minimum absolute atomic E-state index is 0.144. The summed E-state index contributed by atoms with van der Waals surface area (Å²) in [6.07, 6.45) is 5.73. The van der Waals surface area contributed by atoms with Crippen LogP contribution in [0.3, 0.4) is 0 Å². The maximum Gasteiger partial charge on any atom is 0.254 e. The summed E-state index contributed by atoms with van der Waals surface area (Å²) in [4.78, 5) is 19.5. The highest BCUT2D eigenvalue weighted by molar-refractivity contribution is 5.94. The van der Waals surface area contributed by atoms with Crippen LogP contribution in [0.1, 0.15) is 48.4 Å². The van der Waals surface area contributed by atoms with Crippen LogP contribution in [-0.2, 0) is 6.42 Å². The van der Waals surface area contributed by atoms with Gasteiger partial charge in [-0.3, -0.25) is 4.79 Å². The highest BCUT2D eigenvalue weighted by atomic mass is 19.1. The Labute approximate surface area is 181 Å². The number of ether oxygens (including phenoxy) is 1. The number of methoxy groups -OCH3 is 1. The molecule has 1 fully saturated rings. The van der Waals surface area contributed by atoms with Gasteiger partial charge in [0.2, 0.25) is 11.7 Å². The van der Waals surface area contributed by atoms with Crippen LogP contribution in [0.15, 0.2) is 53.1 Å². The number of hydrogen-bond acceptors (Lipinski definition) is 5. The molecule has 1 aliphatic rings. The van der Waals surface area contributed by atoms with Crippen LogP contribution in [0.25, 0.3) is 11.4 Å². The summed E-state index contributed by atoms with van der Waals surface area (Å²) in [6, 6.07) is 13.5. The summed E-state index contributed by atoms with van der Waals surface area (Å²) in [6.45, 7) is 0.444. The summed E-state index contributed by atoms with van der Waals surface area (Å²) in [7, 11) is 1.61. The van der Waals surface area contributed by atoms with Crippen LogP contribution in [0.5, 0.6) is 5.75 Å². The number of amides is 1. The van der Waals surface area contributed by atoms with Gasteiger partial charge in [-0.2, -0.15) is 4.98 Å². The molecule has 6 nitrogen and oxygen atoms in total. The molecule has 1 aromatic heterocycles. The minimum atomic E-state index is -0.408. The number of carbonyl (C=O) groups excluding carboxylic acids is 1. The molecular formula is C24H26FN3O3. The zero-order valence-electron chi connectivity index (χ0n) is 17.6. The average Bonchev–Trinajstić information content (AvgIpc) is 3.29. The Hall–Kier alpha value is -3.22. The first kappa shape index (κ1) is 21.0. The first-order valence-electron chi connectivity index (χ1n) is 10.7. The van der Waals surface area contributed by atoms with E-state index in [1.807, 2.05) is 29.2 Å². The molecule has 0 unspecified atom stereocenters. The first-order chi connectivity index (χ1) is 15.1. The Morgan fingerprint density at radius 3 is 2.74 bits per heavy atom. The van der Waals surface area contributed by atoms with E-state index in [1.165, 1.54) is 18.6 Å². The van der Waals surface area contributed by atoms with Crippen LogP contribution in [0.4, 0.5) is 4.39 Å². The molecule has 31 heavy (non-hydrogen) atoms. The number of rotatable bonds is 7. The first-order valence-corrected chi connectivity index (χ1v) is 10.7. The molecule has 3 aromatic rings. The van der Waals surface area contributed by atoms with Crippen LogP contribution >= 0.6 is 0 Å². The van der Waals surface area contributed by atoms with E-state index in [-0.39, 0.29) is 11.9 Å². The lowest BCUT2D eigenvalue weighted by Gasteiger charge is -2.34. The van der Waals surface area contributed by atoms with Crippen LogP contribution < -0.4 is 4.74 Å². The van der Waals surface area contributed by atoms with Crippen molar-refractivity contribution in [1.29, 1.82) is 0 Å². The highest BCUT2D eigenvalue weighted by Gasteiger charge is 2.27. The van der Waals surface area contributed by atoms with Gasteiger partial charge < -0.3 is 14.2 Å². The summed E-state index contributed by atoms with van der Waals surface area (Å²) < 4.78 is 24.4. The number of aromatic nitrogens is 2. The number of halogens is 1. The van der Waals surface area contributed by atoms with Gasteiger partial charge in [-0.25, -0.2) is 4.39 Å². The minimum Gasteiger partial charge on any atom is -0.497 e. The van der Waals surface area contributed by atoms with Gasteiger partial charge in [0.1, 0.15) is 11.6 Å². The monoisotopic (exact) mass is 423 g/mol. The molecule has 0 aliphatic heterocycles. The molecule has 4 rings (SSSR count). The summed E-state index contributed by atoms with van der Waals surface area (Å²) >= 11 is 0. The number of carbonyl (C=O) groups is 1. The Bertz CT molecular complexity index is 1030. The van der Waals surface area contributed by atoms with Crippen LogP contribution in [0, 0.1) is 5.82 Å². The number of benzene rings is 2. The highest BCUT2D eigenvalue weighted by Crippen LogP contribution is 2.25. The van der Waals surface area contributed by atoms with Gasteiger partial charge >= 0.3 is 0 Å². The van der Waals surface area contributed by atoms with E-state index >= 15 is 0 Å². The molecule has 0 atom stereocenters. The van der Waals surface area contributed by atoms with Crippen molar-refractivity contribution in [2.75, 3.05) is 13.7 Å². The van der Waals surface area contributed by atoms with Gasteiger partial charge in [0.15, 0.2) is 0 Å². The fourth-order valence-electron chi connectivity index (χ4n) is 4.08. The molecule has 0 spiro atoms. The lowest BCUT2D eigenvalue weighted by atomic mass is 9.93. The maximum absolute atomic E-state index is 13.7. The second-order valence-electron chi connectivity index (χ2n) is 7.79. The molecule has 0 saturated heterocycles. The second kappa shape index (κ2) is 9.73. The van der Waals surface area contributed by atoms with Crippen LogP contribution in [0.2, 0.25) is 0 Å².